The number of fused-ring (bicyclic) bond motifs is 20. The standard InChI is InChI=1S/C48H26N8S4/c1-2-12-26-25(11-1)41-49-42(26)51-44-28-14-4-6-16-30(28)46(53-44)55-48-40-38(34-20-10-24-60-34)36(32-18-8-22-58-32)35(31-17-7-21-57-31)37(33-19-9-23-59-33)39(40)47(56-48)54-45-29-15-5-3-13-27(29)43(50-41)52-45/h1-24H,(H2,49,50,51,52,53,54,55,56). The first kappa shape index (κ1) is 34.0. The Morgan fingerprint density at radius 1 is 0.300 bits per heavy atom. The number of H-pyrrole nitrogens is 2. The predicted molar refractivity (Wildman–Crippen MR) is 249 cm³/mol. The summed E-state index contributed by atoms with van der Waals surface area (Å²) in [6.07, 6.45) is 0. The van der Waals surface area contributed by atoms with Crippen molar-refractivity contribution in [1.29, 1.82) is 0 Å². The first-order chi connectivity index (χ1) is 29.7. The Bertz CT molecular complexity index is 3420. The van der Waals surface area contributed by atoms with Crippen LogP contribution in [0.1, 0.15) is 0 Å². The minimum absolute atomic E-state index is 0.570. The van der Waals surface area contributed by atoms with Crippen LogP contribution in [0.5, 0.6) is 0 Å². The molecule has 0 radical (unpaired) electrons. The van der Waals surface area contributed by atoms with Gasteiger partial charge < -0.3 is 9.97 Å². The minimum atomic E-state index is 0.570. The van der Waals surface area contributed by atoms with Crippen molar-refractivity contribution >= 4 is 89.5 Å². The Morgan fingerprint density at radius 2 is 0.617 bits per heavy atom. The van der Waals surface area contributed by atoms with E-state index >= 15 is 0 Å². The molecule has 9 heterocycles. The first-order valence-electron chi connectivity index (χ1n) is 19.2. The third-order valence-corrected chi connectivity index (χ3v) is 14.6. The van der Waals surface area contributed by atoms with Gasteiger partial charge in [-0.05, 0) is 45.8 Å². The SMILES string of the molecule is c1csc(-c2c(-c3cccs3)c(-c3cccs3)c3c4nc5nc(nc6[nH]c(nc7nc(nc([nH]4)c3c2-c2cccs2)-c2ccccc2-7)c2ccccc62)-c2ccccc2-5)c1. The van der Waals surface area contributed by atoms with Gasteiger partial charge in [0.05, 0.1) is 0 Å². The number of nitrogens with zero attached hydrogens (tertiary/aromatic N) is 6. The molecule has 0 amide bonds. The molecule has 2 aliphatic heterocycles. The molecular weight excluding hydrogens is 817 g/mol. The molecule has 0 fully saturated rings. The second kappa shape index (κ2) is 13.3. The van der Waals surface area contributed by atoms with Crippen molar-refractivity contribution in [2.24, 2.45) is 0 Å². The third kappa shape index (κ3) is 5.12. The van der Waals surface area contributed by atoms with Crippen molar-refractivity contribution in [2.75, 3.05) is 0 Å². The topological polar surface area (TPSA) is 109 Å². The van der Waals surface area contributed by atoms with E-state index in [0.717, 1.165) is 64.7 Å². The van der Waals surface area contributed by atoms with Gasteiger partial charge in [-0.2, -0.15) is 0 Å². The molecule has 0 saturated carbocycles. The molecule has 8 bridgehead atoms. The number of aromatic amines is 2. The summed E-state index contributed by atoms with van der Waals surface area (Å²) in [5, 5.41) is 12.4. The first-order valence-corrected chi connectivity index (χ1v) is 22.8. The van der Waals surface area contributed by atoms with Crippen molar-refractivity contribution in [3.8, 4) is 87.3 Å². The molecule has 13 rings (SSSR count). The maximum Gasteiger partial charge on any atom is 0.164 e. The van der Waals surface area contributed by atoms with Crippen molar-refractivity contribution in [1.82, 2.24) is 39.9 Å². The molecule has 2 N–H and O–H groups in total. The van der Waals surface area contributed by atoms with Crippen LogP contribution in [0.3, 0.4) is 0 Å². The molecule has 0 unspecified atom stereocenters. The van der Waals surface area contributed by atoms with Crippen molar-refractivity contribution in [2.45, 2.75) is 0 Å². The predicted octanol–water partition coefficient (Wildman–Crippen LogP) is 13.8. The van der Waals surface area contributed by atoms with Crippen LogP contribution in [0, 0.1) is 0 Å². The summed E-state index contributed by atoms with van der Waals surface area (Å²) in [6.45, 7) is 0. The van der Waals surface area contributed by atoms with E-state index in [1.807, 2.05) is 36.4 Å². The lowest BCUT2D eigenvalue weighted by Gasteiger charge is -2.19. The zero-order valence-electron chi connectivity index (χ0n) is 31.2. The van der Waals surface area contributed by atoms with Gasteiger partial charge in [-0.1, -0.05) is 97.1 Å². The molecule has 2 aliphatic rings. The van der Waals surface area contributed by atoms with Gasteiger partial charge in [0, 0.05) is 85.6 Å². The smallest absolute Gasteiger partial charge is 0.164 e. The maximum absolute atomic E-state index is 5.54. The van der Waals surface area contributed by atoms with Gasteiger partial charge in [-0.25, -0.2) is 29.9 Å². The van der Waals surface area contributed by atoms with Crippen LogP contribution < -0.4 is 0 Å². The number of aromatic nitrogens is 8. The molecule has 8 nitrogen and oxygen atoms in total. The second-order valence-electron chi connectivity index (χ2n) is 14.4. The molecule has 60 heavy (non-hydrogen) atoms. The maximum atomic E-state index is 5.54. The number of nitrogens with one attached hydrogen (secondary N) is 2. The fourth-order valence-electron chi connectivity index (χ4n) is 8.57. The molecule has 0 saturated heterocycles. The Kier molecular flexibility index (Phi) is 7.52. The highest BCUT2D eigenvalue weighted by atomic mass is 32.1. The molecule has 0 atom stereocenters. The lowest BCUT2D eigenvalue weighted by atomic mass is 9.87. The van der Waals surface area contributed by atoms with E-state index in [1.54, 1.807) is 45.3 Å². The minimum Gasteiger partial charge on any atom is -0.324 e. The van der Waals surface area contributed by atoms with E-state index in [2.05, 4.69) is 116 Å². The summed E-state index contributed by atoms with van der Waals surface area (Å²) in [7, 11) is 0. The number of rotatable bonds is 4. The van der Waals surface area contributed by atoms with Gasteiger partial charge in [0.1, 0.15) is 22.6 Å². The largest absolute Gasteiger partial charge is 0.324 e. The monoisotopic (exact) mass is 842 g/mol. The van der Waals surface area contributed by atoms with Crippen LogP contribution in [-0.2, 0) is 0 Å². The van der Waals surface area contributed by atoms with Crippen molar-refractivity contribution in [3.05, 3.63) is 143 Å². The molecule has 0 spiro atoms. The van der Waals surface area contributed by atoms with E-state index < -0.39 is 0 Å². The second-order valence-corrected chi connectivity index (χ2v) is 18.2. The highest BCUT2D eigenvalue weighted by Gasteiger charge is 2.30. The van der Waals surface area contributed by atoms with Crippen LogP contribution in [-0.4, -0.2) is 39.9 Å². The highest BCUT2D eigenvalue weighted by molar-refractivity contribution is 7.16. The van der Waals surface area contributed by atoms with E-state index in [0.29, 0.717) is 45.9 Å². The van der Waals surface area contributed by atoms with Gasteiger partial charge in [-0.15, -0.1) is 45.3 Å². The van der Waals surface area contributed by atoms with Crippen LogP contribution >= 0.6 is 45.3 Å². The zero-order valence-corrected chi connectivity index (χ0v) is 34.4. The number of hydrogen-bond acceptors (Lipinski definition) is 10. The average molecular weight is 843 g/mol. The highest BCUT2D eigenvalue weighted by Crippen LogP contribution is 2.55. The van der Waals surface area contributed by atoms with Gasteiger partial charge in [0.25, 0.3) is 0 Å². The Labute approximate surface area is 357 Å². The summed E-state index contributed by atoms with van der Waals surface area (Å²) >= 11 is 6.95. The van der Waals surface area contributed by atoms with Crippen LogP contribution in [0.2, 0.25) is 0 Å². The number of thiophene rings is 4. The van der Waals surface area contributed by atoms with Gasteiger partial charge in [-0.3, -0.25) is 0 Å². The Balaban J connectivity index is 1.31. The van der Waals surface area contributed by atoms with Crippen LogP contribution in [0.15, 0.2) is 143 Å². The summed E-state index contributed by atoms with van der Waals surface area (Å²) in [5.41, 5.74) is 10.8. The quantitative estimate of drug-likeness (QED) is 0.183. The van der Waals surface area contributed by atoms with Crippen molar-refractivity contribution in [3.63, 3.8) is 0 Å². The third-order valence-electron chi connectivity index (χ3n) is 11.1. The number of hydrogen-bond donors (Lipinski definition) is 2. The lowest BCUT2D eigenvalue weighted by Crippen LogP contribution is -1.93. The van der Waals surface area contributed by atoms with Gasteiger partial charge in [0.15, 0.2) is 23.3 Å². The summed E-state index contributed by atoms with van der Waals surface area (Å²) in [4.78, 5) is 43.9. The molecule has 12 heteroatoms. The summed E-state index contributed by atoms with van der Waals surface area (Å²) in [5.74, 6) is 2.29. The zero-order chi connectivity index (χ0) is 39.3. The Morgan fingerprint density at radius 3 is 0.967 bits per heavy atom. The molecular formula is C48H26N8S4. The summed E-state index contributed by atoms with van der Waals surface area (Å²) < 4.78 is 0. The summed E-state index contributed by atoms with van der Waals surface area (Å²) in [6, 6.07) is 41.9. The van der Waals surface area contributed by atoms with Crippen LogP contribution in [0.25, 0.3) is 131 Å². The molecule has 0 aliphatic carbocycles. The molecule has 4 aromatic carbocycles. The van der Waals surface area contributed by atoms with Gasteiger partial charge in [0.2, 0.25) is 0 Å². The van der Waals surface area contributed by atoms with E-state index in [9.17, 15) is 0 Å². The van der Waals surface area contributed by atoms with E-state index in [-0.39, 0.29) is 0 Å². The van der Waals surface area contributed by atoms with E-state index in [4.69, 9.17) is 29.9 Å². The molecule has 282 valence electrons. The average Bonchev–Trinajstić information content (AvgIpc) is 4.13. The number of benzene rings is 4. The fraction of sp³-hybridized carbons (Fsp3) is 0. The Hall–Kier alpha value is -6.96. The normalized spacial score (nSPS) is 12.0. The lowest BCUT2D eigenvalue weighted by molar-refractivity contribution is 1.19. The van der Waals surface area contributed by atoms with E-state index in [1.165, 1.54) is 20.9 Å². The van der Waals surface area contributed by atoms with Crippen molar-refractivity contribution < 1.29 is 0 Å². The van der Waals surface area contributed by atoms with Crippen LogP contribution in [0.4, 0.5) is 0 Å². The molecule has 7 aromatic heterocycles. The van der Waals surface area contributed by atoms with Gasteiger partial charge >= 0.3 is 0 Å². The fourth-order valence-corrected chi connectivity index (χ4v) is 11.7. The molecule has 11 aromatic rings.